The van der Waals surface area contributed by atoms with Crippen molar-refractivity contribution in [3.63, 3.8) is 0 Å². The normalized spacial score (nSPS) is 16.8. The maximum Gasteiger partial charge on any atom is 0.345 e. The minimum Gasteiger partial charge on any atom is -0.494 e. The second-order valence-electron chi connectivity index (χ2n) is 12.0. The lowest BCUT2D eigenvalue weighted by Gasteiger charge is -2.49. The van der Waals surface area contributed by atoms with Crippen LogP contribution < -0.4 is 15.1 Å². The van der Waals surface area contributed by atoms with Crippen molar-refractivity contribution in [2.45, 2.75) is 57.8 Å². The number of anilines is 1. The average molecular weight is 690 g/mol. The molecule has 1 aliphatic rings. The molecule has 0 radical (unpaired) electrons. The highest BCUT2D eigenvalue weighted by Crippen LogP contribution is 2.52. The summed E-state index contributed by atoms with van der Waals surface area (Å²) in [6.07, 6.45) is 4.31. The molecule has 2 heterocycles. The minimum atomic E-state index is -2.98. The van der Waals surface area contributed by atoms with E-state index in [1.54, 1.807) is 30.3 Å². The lowest BCUT2D eigenvalue weighted by atomic mass is 9.72. The molecule has 5 aromatic rings. The van der Waals surface area contributed by atoms with Gasteiger partial charge in [0.15, 0.2) is 12.1 Å². The van der Waals surface area contributed by atoms with Gasteiger partial charge in [0, 0.05) is 36.2 Å². The van der Waals surface area contributed by atoms with Crippen molar-refractivity contribution in [3.8, 4) is 28.2 Å². The Morgan fingerprint density at radius 1 is 1.10 bits per heavy atom. The lowest BCUT2D eigenvalue weighted by Crippen LogP contribution is -2.57. The van der Waals surface area contributed by atoms with Crippen LogP contribution in [0.15, 0.2) is 76.7 Å². The number of fused-ring (bicyclic) bond motifs is 1. The Kier molecular flexibility index (Phi) is 11.3. The van der Waals surface area contributed by atoms with E-state index in [0.717, 1.165) is 35.0 Å². The Morgan fingerprint density at radius 3 is 2.36 bits per heavy atom. The third-order valence-electron chi connectivity index (χ3n) is 8.64. The van der Waals surface area contributed by atoms with Gasteiger partial charge in [0.05, 0.1) is 24.1 Å². The Labute approximate surface area is 287 Å². The number of nitrogens with zero attached hydrogens (tertiary/aromatic N) is 4. The molecule has 0 spiro atoms. The molecule has 1 saturated carbocycles. The number of carbonyl (C=O) groups is 1. The van der Waals surface area contributed by atoms with Gasteiger partial charge in [-0.2, -0.15) is 8.78 Å². The summed E-state index contributed by atoms with van der Waals surface area (Å²) in [6, 6.07) is 14.6. The number of ether oxygens (including phenoxy) is 2. The van der Waals surface area contributed by atoms with Crippen LogP contribution in [0.1, 0.15) is 53.5 Å². The quantitative estimate of drug-likeness (QED) is 0.0782. The van der Waals surface area contributed by atoms with Gasteiger partial charge in [-0.3, -0.25) is 4.79 Å². The first-order chi connectivity index (χ1) is 24.1. The second kappa shape index (κ2) is 15.6. The van der Waals surface area contributed by atoms with E-state index in [9.17, 15) is 22.9 Å². The molecule has 1 fully saturated rings. The predicted octanol–water partition coefficient (Wildman–Crippen LogP) is 8.40. The number of furan rings is 1. The van der Waals surface area contributed by atoms with E-state index < -0.39 is 24.1 Å². The molecule has 0 aliphatic heterocycles. The zero-order valence-corrected chi connectivity index (χ0v) is 28.4. The molecule has 13 heteroatoms. The minimum absolute atomic E-state index is 0.0175. The van der Waals surface area contributed by atoms with Crippen LogP contribution in [0, 0.1) is 17.6 Å². The molecule has 0 unspecified atom stereocenters. The molecule has 6 rings (SSSR count). The van der Waals surface area contributed by atoms with Gasteiger partial charge < -0.3 is 19.2 Å². The number of benzene rings is 3. The highest BCUT2D eigenvalue weighted by molar-refractivity contribution is 6.04. The number of hydrogen-bond donors (Lipinski definition) is 1. The zero-order valence-electron chi connectivity index (χ0n) is 28.4. The molecule has 0 bridgehead atoms. The predicted molar refractivity (Wildman–Crippen MR) is 185 cm³/mol. The van der Waals surface area contributed by atoms with Crippen LogP contribution in [-0.2, 0) is 16.7 Å². The van der Waals surface area contributed by atoms with E-state index >= 15 is 0 Å². The van der Waals surface area contributed by atoms with E-state index in [0.29, 0.717) is 40.0 Å². The summed E-state index contributed by atoms with van der Waals surface area (Å²) in [5.41, 5.74) is 3.63. The largest absolute Gasteiger partial charge is 0.494 e. The van der Waals surface area contributed by atoms with Crippen molar-refractivity contribution in [1.29, 1.82) is 0 Å². The van der Waals surface area contributed by atoms with E-state index in [1.807, 2.05) is 40.1 Å². The van der Waals surface area contributed by atoms with Gasteiger partial charge in [0.25, 0.3) is 0 Å². The molecule has 262 valence electrons. The summed E-state index contributed by atoms with van der Waals surface area (Å²) in [6.45, 7) is 0.952. The smallest absolute Gasteiger partial charge is 0.345 e. The van der Waals surface area contributed by atoms with Gasteiger partial charge in [0.1, 0.15) is 34.1 Å². The fourth-order valence-corrected chi connectivity index (χ4v) is 6.43. The van der Waals surface area contributed by atoms with Crippen molar-refractivity contribution in [1.82, 2.24) is 15.3 Å². The van der Waals surface area contributed by atoms with E-state index in [1.165, 1.54) is 36.6 Å². The summed E-state index contributed by atoms with van der Waals surface area (Å²) >= 11 is 0. The van der Waals surface area contributed by atoms with Gasteiger partial charge in [-0.05, 0) is 104 Å². The number of nitrogens with one attached hydrogen (secondary N) is 1. The topological polar surface area (TPSA) is 119 Å². The Hall–Kier alpha value is -5.14. The zero-order chi connectivity index (χ0) is 36.0. The van der Waals surface area contributed by atoms with Crippen molar-refractivity contribution >= 4 is 22.9 Å². The van der Waals surface area contributed by atoms with Crippen LogP contribution in [-0.4, -0.2) is 50.2 Å². The van der Waals surface area contributed by atoms with E-state index in [2.05, 4.69) is 20.6 Å². The summed E-state index contributed by atoms with van der Waals surface area (Å²) < 4.78 is 56.6. The molecular weight excluding hydrogens is 651 g/mol. The summed E-state index contributed by atoms with van der Waals surface area (Å²) in [4.78, 5) is 33.9. The Morgan fingerprint density at radius 2 is 1.78 bits per heavy atom. The number of aromatic nitrogens is 2. The Balaban J connectivity index is 0.00000156. The number of alkyl halides is 2. The van der Waals surface area contributed by atoms with Gasteiger partial charge in [0.2, 0.25) is 0 Å². The summed E-state index contributed by atoms with van der Waals surface area (Å²) in [5, 5.41) is 7.89. The van der Waals surface area contributed by atoms with Crippen molar-refractivity contribution in [2.24, 2.45) is 5.29 Å². The fraction of sp³-hybridized carbons (Fsp3) is 0.324. The summed E-state index contributed by atoms with van der Waals surface area (Å²) in [5.74, 6) is 0.476. The van der Waals surface area contributed by atoms with Crippen LogP contribution in [0.25, 0.3) is 33.4 Å². The molecular formula is C37H38F3N5O5. The molecule has 1 N–H and O–H groups in total. The highest BCUT2D eigenvalue weighted by atomic mass is 19.3. The van der Waals surface area contributed by atoms with Crippen LogP contribution in [0.5, 0.6) is 5.75 Å². The SMILES string of the molecule is CCCc1cc2oc(-c3ccc(F)cc3)c(C=O)c2cc1-c1cc(N(N=O)C2(c3ncccn3)CC(OC(F)F)C2)c(OC)cc1C.CNC. The van der Waals surface area contributed by atoms with Gasteiger partial charge in [-0.15, -0.1) is 4.91 Å². The van der Waals surface area contributed by atoms with E-state index in [-0.39, 0.29) is 24.4 Å². The first kappa shape index (κ1) is 36.1. The monoisotopic (exact) mass is 689 g/mol. The Bertz CT molecular complexity index is 1950. The third-order valence-corrected chi connectivity index (χ3v) is 8.64. The highest BCUT2D eigenvalue weighted by Gasteiger charge is 2.55. The molecule has 2 aromatic heterocycles. The number of carbonyl (C=O) groups excluding carboxylic acids is 1. The van der Waals surface area contributed by atoms with Crippen molar-refractivity contribution in [2.75, 3.05) is 26.2 Å². The number of methoxy groups -OCH3 is 1. The first-order valence-corrected chi connectivity index (χ1v) is 16.1. The number of aryl methyl sites for hydroxylation is 2. The number of halogens is 3. The van der Waals surface area contributed by atoms with Gasteiger partial charge >= 0.3 is 6.61 Å². The second-order valence-corrected chi connectivity index (χ2v) is 12.0. The fourth-order valence-electron chi connectivity index (χ4n) is 6.43. The third kappa shape index (κ3) is 6.96. The number of hydrogen-bond acceptors (Lipinski definition) is 9. The van der Waals surface area contributed by atoms with Crippen LogP contribution in [0.4, 0.5) is 18.9 Å². The van der Waals surface area contributed by atoms with Crippen LogP contribution in [0.3, 0.4) is 0 Å². The molecule has 0 atom stereocenters. The van der Waals surface area contributed by atoms with Crippen molar-refractivity contribution < 1.29 is 31.9 Å². The van der Waals surface area contributed by atoms with E-state index in [4.69, 9.17) is 13.9 Å². The van der Waals surface area contributed by atoms with Crippen LogP contribution in [0.2, 0.25) is 0 Å². The number of rotatable bonds is 12. The first-order valence-electron chi connectivity index (χ1n) is 16.1. The molecule has 1 aliphatic carbocycles. The summed E-state index contributed by atoms with van der Waals surface area (Å²) in [7, 11) is 5.21. The molecule has 3 aromatic carbocycles. The average Bonchev–Trinajstić information content (AvgIpc) is 3.45. The standard InChI is InChI=1S/C35H31F3N4O5.C2H7N/c1-4-6-22-14-30-27(28(19-43)32(47-30)21-7-9-23(36)10-8-21)15-26(22)25-16-29(31(45-3)13-20(25)2)42(41-44)35(33-39-11-5-12-40-33)17-24(18-35)46-34(37)38;1-3-2/h5,7-16,19,24,34H,4,6,17-18H2,1-3H3;3H,1-2H3. The van der Waals surface area contributed by atoms with Crippen molar-refractivity contribution in [3.05, 3.63) is 100 Å². The maximum atomic E-state index is 13.7. The van der Waals surface area contributed by atoms with Gasteiger partial charge in [-0.1, -0.05) is 13.3 Å². The molecule has 0 saturated heterocycles. The molecule has 0 amide bonds. The number of nitroso groups, excluding NO2 is 1. The van der Waals surface area contributed by atoms with Gasteiger partial charge in [-0.25, -0.2) is 19.4 Å². The maximum absolute atomic E-state index is 13.7. The number of aldehydes is 1. The van der Waals surface area contributed by atoms with Crippen LogP contribution >= 0.6 is 0 Å². The lowest BCUT2D eigenvalue weighted by molar-refractivity contribution is -0.196. The molecule has 10 nitrogen and oxygen atoms in total. The molecule has 50 heavy (non-hydrogen) atoms.